The molecule has 1 fully saturated rings. The number of nitrogens with two attached hydrogens (primary N) is 1. The Balaban J connectivity index is 1.52. The maximum atomic E-state index is 10.2. The highest BCUT2D eigenvalue weighted by molar-refractivity contribution is 5.85. The molecule has 158 valence electrons. The van der Waals surface area contributed by atoms with Crippen molar-refractivity contribution >= 4 is 16.8 Å². The number of aliphatic hydroxyl groups is 1. The number of aromatic nitrogens is 5. The van der Waals surface area contributed by atoms with Crippen LogP contribution in [-0.2, 0) is 5.54 Å². The molecule has 0 spiro atoms. The van der Waals surface area contributed by atoms with Gasteiger partial charge in [0, 0.05) is 22.7 Å². The van der Waals surface area contributed by atoms with Crippen molar-refractivity contribution < 1.29 is 5.11 Å². The molecule has 7 nitrogen and oxygen atoms in total. The van der Waals surface area contributed by atoms with Crippen LogP contribution in [0.4, 0.5) is 0 Å². The standard InChI is InChI=1S/C25H22N6O/c1-24(32)14-25(26,15-24)18-9-7-17(8-10-18)22-21(16-5-3-2-4-6-16)29-19-13-27-20-11-12-28-31(20)23(19)30-22/h2-13,32H,14-15,26H2,1H3/t24-,25+. The summed E-state index contributed by atoms with van der Waals surface area (Å²) in [6.45, 7) is 1.83. The molecule has 0 bridgehead atoms. The topological polar surface area (TPSA) is 102 Å². The third-order valence-electron chi connectivity index (χ3n) is 6.22. The van der Waals surface area contributed by atoms with Crippen LogP contribution < -0.4 is 5.73 Å². The summed E-state index contributed by atoms with van der Waals surface area (Å²) in [5.41, 5.74) is 11.9. The lowest BCUT2D eigenvalue weighted by Gasteiger charge is -2.49. The van der Waals surface area contributed by atoms with Crippen molar-refractivity contribution in [2.45, 2.75) is 30.9 Å². The van der Waals surface area contributed by atoms with Gasteiger partial charge in [-0.25, -0.2) is 15.0 Å². The van der Waals surface area contributed by atoms with Crippen molar-refractivity contribution in [2.24, 2.45) is 5.73 Å². The first-order valence-corrected chi connectivity index (χ1v) is 10.6. The Kier molecular flexibility index (Phi) is 3.96. The second kappa shape index (κ2) is 6.66. The first kappa shape index (κ1) is 19.0. The van der Waals surface area contributed by atoms with E-state index in [-0.39, 0.29) is 0 Å². The molecule has 6 rings (SSSR count). The van der Waals surface area contributed by atoms with Crippen LogP contribution in [-0.4, -0.2) is 35.3 Å². The second-order valence-electron chi connectivity index (χ2n) is 8.94. The third kappa shape index (κ3) is 2.97. The Labute approximate surface area is 184 Å². The smallest absolute Gasteiger partial charge is 0.184 e. The molecular formula is C25H22N6O. The van der Waals surface area contributed by atoms with Crippen LogP contribution in [0.15, 0.2) is 73.1 Å². The average molecular weight is 422 g/mol. The van der Waals surface area contributed by atoms with E-state index >= 15 is 0 Å². The van der Waals surface area contributed by atoms with Crippen LogP contribution in [0.1, 0.15) is 25.3 Å². The fraction of sp³-hybridized carbons (Fsp3) is 0.200. The number of hydrogen-bond acceptors (Lipinski definition) is 6. The zero-order valence-corrected chi connectivity index (χ0v) is 17.6. The van der Waals surface area contributed by atoms with Gasteiger partial charge in [0.15, 0.2) is 11.3 Å². The van der Waals surface area contributed by atoms with Gasteiger partial charge in [-0.1, -0.05) is 54.6 Å². The molecule has 0 radical (unpaired) electrons. The van der Waals surface area contributed by atoms with Gasteiger partial charge in [0.1, 0.15) is 5.52 Å². The maximum absolute atomic E-state index is 10.2. The summed E-state index contributed by atoms with van der Waals surface area (Å²) in [5.74, 6) is 0. The summed E-state index contributed by atoms with van der Waals surface area (Å²) in [4.78, 5) is 14.4. The lowest BCUT2D eigenvalue weighted by atomic mass is 9.63. The third-order valence-corrected chi connectivity index (χ3v) is 6.22. The highest BCUT2D eigenvalue weighted by Gasteiger charge is 2.49. The molecule has 32 heavy (non-hydrogen) atoms. The predicted molar refractivity (Wildman–Crippen MR) is 123 cm³/mol. The van der Waals surface area contributed by atoms with Gasteiger partial charge in [-0.05, 0) is 25.3 Å². The first-order valence-electron chi connectivity index (χ1n) is 10.6. The highest BCUT2D eigenvalue weighted by atomic mass is 16.3. The van der Waals surface area contributed by atoms with Crippen LogP contribution in [0.3, 0.4) is 0 Å². The number of hydrogen-bond donors (Lipinski definition) is 2. The molecule has 1 saturated carbocycles. The minimum absolute atomic E-state index is 0.494. The minimum atomic E-state index is -0.694. The molecule has 1 aliphatic rings. The van der Waals surface area contributed by atoms with Crippen molar-refractivity contribution in [1.82, 2.24) is 24.6 Å². The zero-order chi connectivity index (χ0) is 21.9. The van der Waals surface area contributed by atoms with E-state index in [2.05, 4.69) is 10.1 Å². The molecule has 0 saturated heterocycles. The van der Waals surface area contributed by atoms with E-state index in [9.17, 15) is 5.11 Å². The van der Waals surface area contributed by atoms with E-state index < -0.39 is 11.1 Å². The van der Waals surface area contributed by atoms with E-state index in [4.69, 9.17) is 15.7 Å². The molecule has 1 aliphatic carbocycles. The van der Waals surface area contributed by atoms with E-state index in [1.54, 1.807) is 16.9 Å². The molecule has 7 heteroatoms. The Morgan fingerprint density at radius 3 is 2.31 bits per heavy atom. The molecule has 0 amide bonds. The van der Waals surface area contributed by atoms with E-state index in [0.29, 0.717) is 24.0 Å². The summed E-state index contributed by atoms with van der Waals surface area (Å²) in [7, 11) is 0. The zero-order valence-electron chi connectivity index (χ0n) is 17.6. The number of fused-ring (bicyclic) bond motifs is 3. The van der Waals surface area contributed by atoms with Gasteiger partial charge in [-0.2, -0.15) is 9.61 Å². The summed E-state index contributed by atoms with van der Waals surface area (Å²) < 4.78 is 1.71. The van der Waals surface area contributed by atoms with Gasteiger partial charge < -0.3 is 10.8 Å². The fourth-order valence-corrected chi connectivity index (χ4v) is 4.84. The monoisotopic (exact) mass is 422 g/mol. The Morgan fingerprint density at radius 1 is 0.906 bits per heavy atom. The fourth-order valence-electron chi connectivity index (χ4n) is 4.84. The lowest BCUT2D eigenvalue weighted by Crippen LogP contribution is -2.58. The van der Waals surface area contributed by atoms with Crippen molar-refractivity contribution in [3.63, 3.8) is 0 Å². The molecule has 0 unspecified atom stereocenters. The molecule has 2 aromatic carbocycles. The first-order chi connectivity index (χ1) is 15.4. The van der Waals surface area contributed by atoms with Crippen LogP contribution in [0.2, 0.25) is 0 Å². The van der Waals surface area contributed by atoms with Gasteiger partial charge in [-0.3, -0.25) is 0 Å². The van der Waals surface area contributed by atoms with E-state index in [0.717, 1.165) is 33.7 Å². The van der Waals surface area contributed by atoms with Gasteiger partial charge in [0.2, 0.25) is 0 Å². The van der Waals surface area contributed by atoms with Crippen molar-refractivity contribution in [1.29, 1.82) is 0 Å². The Hall–Kier alpha value is -3.68. The lowest BCUT2D eigenvalue weighted by molar-refractivity contribution is -0.0738. The summed E-state index contributed by atoms with van der Waals surface area (Å²) in [5, 5.41) is 14.5. The maximum Gasteiger partial charge on any atom is 0.184 e. The van der Waals surface area contributed by atoms with Crippen molar-refractivity contribution in [3.8, 4) is 22.5 Å². The summed E-state index contributed by atoms with van der Waals surface area (Å²) in [6.07, 6.45) is 4.54. The van der Waals surface area contributed by atoms with Crippen LogP contribution in [0, 0.1) is 0 Å². The molecule has 0 aliphatic heterocycles. The van der Waals surface area contributed by atoms with Crippen LogP contribution in [0.5, 0.6) is 0 Å². The normalized spacial score (nSPS) is 22.8. The Morgan fingerprint density at radius 2 is 1.59 bits per heavy atom. The quantitative estimate of drug-likeness (QED) is 0.460. The number of benzene rings is 2. The van der Waals surface area contributed by atoms with Crippen molar-refractivity contribution in [2.75, 3.05) is 0 Å². The van der Waals surface area contributed by atoms with Crippen molar-refractivity contribution in [3.05, 3.63) is 78.6 Å². The molecular weight excluding hydrogens is 400 g/mol. The molecule has 3 N–H and O–H groups in total. The molecule has 3 heterocycles. The minimum Gasteiger partial charge on any atom is -0.390 e. The molecule has 3 aromatic heterocycles. The number of rotatable bonds is 3. The predicted octanol–water partition coefficient (Wildman–Crippen LogP) is 3.71. The average Bonchev–Trinajstić information content (AvgIpc) is 3.27. The Bertz CT molecular complexity index is 1450. The largest absolute Gasteiger partial charge is 0.390 e. The molecule has 0 atom stereocenters. The summed E-state index contributed by atoms with van der Waals surface area (Å²) >= 11 is 0. The van der Waals surface area contributed by atoms with E-state index in [1.165, 1.54) is 0 Å². The van der Waals surface area contributed by atoms with Gasteiger partial charge in [-0.15, -0.1) is 0 Å². The summed E-state index contributed by atoms with van der Waals surface area (Å²) in [6, 6.07) is 20.0. The van der Waals surface area contributed by atoms with Gasteiger partial charge >= 0.3 is 0 Å². The van der Waals surface area contributed by atoms with Gasteiger partial charge in [0.25, 0.3) is 0 Å². The second-order valence-corrected chi connectivity index (χ2v) is 8.94. The van der Waals surface area contributed by atoms with E-state index in [1.807, 2.05) is 67.6 Å². The molecule has 5 aromatic rings. The SMILES string of the molecule is C[C@]1(O)C[C@](N)(c2ccc(-c3nc4c(cnc5ccnn54)nc3-c3ccccc3)cc2)C1. The van der Waals surface area contributed by atoms with Crippen LogP contribution in [0.25, 0.3) is 39.3 Å². The van der Waals surface area contributed by atoms with Crippen LogP contribution >= 0.6 is 0 Å². The highest BCUT2D eigenvalue weighted by Crippen LogP contribution is 2.46. The number of nitrogens with zero attached hydrogens (tertiary/aromatic N) is 5. The van der Waals surface area contributed by atoms with Gasteiger partial charge in [0.05, 0.1) is 29.4 Å².